The van der Waals surface area contributed by atoms with Crippen molar-refractivity contribution >= 4 is 29.9 Å². The monoisotopic (exact) mass is 419 g/mol. The molecule has 0 saturated carbocycles. The van der Waals surface area contributed by atoms with Crippen molar-refractivity contribution in [2.75, 3.05) is 26.2 Å². The Bertz CT molecular complexity index is 485. The number of aliphatic imine (C=N–C) groups is 1. The maximum atomic E-state index is 12.9. The van der Waals surface area contributed by atoms with E-state index in [1.807, 2.05) is 12.1 Å². The Morgan fingerprint density at radius 3 is 2.55 bits per heavy atom. The third kappa shape index (κ3) is 5.74. The lowest BCUT2D eigenvalue weighted by Crippen LogP contribution is -2.40. The van der Waals surface area contributed by atoms with Crippen LogP contribution in [0.1, 0.15) is 32.8 Å². The van der Waals surface area contributed by atoms with Gasteiger partial charge in [0.2, 0.25) is 0 Å². The Morgan fingerprint density at radius 1 is 1.32 bits per heavy atom. The zero-order chi connectivity index (χ0) is 15.3. The summed E-state index contributed by atoms with van der Waals surface area (Å²) in [4.78, 5) is 7.06. The molecule has 22 heavy (non-hydrogen) atoms. The maximum Gasteiger partial charge on any atom is 0.193 e. The fourth-order valence-electron chi connectivity index (χ4n) is 2.66. The zero-order valence-corrected chi connectivity index (χ0v) is 16.1. The summed E-state index contributed by atoms with van der Waals surface area (Å²) in [6, 6.07) is 6.67. The van der Waals surface area contributed by atoms with Gasteiger partial charge in [0.15, 0.2) is 5.96 Å². The average Bonchev–Trinajstić information content (AvgIpc) is 2.80. The molecule has 1 aliphatic heterocycles. The highest BCUT2D eigenvalue weighted by atomic mass is 127. The summed E-state index contributed by atoms with van der Waals surface area (Å²) >= 11 is 0. The highest BCUT2D eigenvalue weighted by Crippen LogP contribution is 2.28. The third-order valence-electron chi connectivity index (χ3n) is 3.89. The molecule has 124 valence electrons. The number of likely N-dealkylation sites (tertiary alicyclic amines) is 1. The van der Waals surface area contributed by atoms with Crippen molar-refractivity contribution in [3.8, 4) is 0 Å². The van der Waals surface area contributed by atoms with E-state index in [-0.39, 0.29) is 29.8 Å². The van der Waals surface area contributed by atoms with Gasteiger partial charge in [0.25, 0.3) is 0 Å². The van der Waals surface area contributed by atoms with E-state index < -0.39 is 0 Å². The molecular weight excluding hydrogens is 392 g/mol. The number of nitrogens with one attached hydrogen (secondary N) is 1. The normalized spacial score (nSPS) is 17.3. The third-order valence-corrected chi connectivity index (χ3v) is 3.89. The summed E-state index contributed by atoms with van der Waals surface area (Å²) in [5, 5.41) is 3.37. The Balaban J connectivity index is 0.00000242. The second-order valence-corrected chi connectivity index (χ2v) is 6.45. The number of rotatable bonds is 4. The van der Waals surface area contributed by atoms with Crippen molar-refractivity contribution < 1.29 is 4.39 Å². The first kappa shape index (κ1) is 19.2. The van der Waals surface area contributed by atoms with Gasteiger partial charge in [0.05, 0.1) is 0 Å². The number of hydrogen-bond acceptors (Lipinski definition) is 1. The SMILES string of the molecule is CCNC(=NCCc1ccc(F)cc1)N1CCC(C)(C)C1.I. The molecule has 3 nitrogen and oxygen atoms in total. The van der Waals surface area contributed by atoms with Gasteiger partial charge in [0.1, 0.15) is 5.82 Å². The molecule has 1 saturated heterocycles. The van der Waals surface area contributed by atoms with Gasteiger partial charge >= 0.3 is 0 Å². The molecule has 0 spiro atoms. The summed E-state index contributed by atoms with van der Waals surface area (Å²) in [5.41, 5.74) is 1.49. The number of benzene rings is 1. The standard InChI is InChI=1S/C17H26FN3.HI/c1-4-19-16(21-12-10-17(2,3)13-21)20-11-9-14-5-7-15(18)8-6-14;/h5-8H,4,9-13H2,1-3H3,(H,19,20);1H. The number of nitrogens with zero attached hydrogens (tertiary/aromatic N) is 2. The lowest BCUT2D eigenvalue weighted by atomic mass is 9.93. The smallest absolute Gasteiger partial charge is 0.193 e. The minimum Gasteiger partial charge on any atom is -0.357 e. The second kappa shape index (κ2) is 8.70. The van der Waals surface area contributed by atoms with Crippen LogP contribution in [0.25, 0.3) is 0 Å². The fraction of sp³-hybridized carbons (Fsp3) is 0.588. The molecular formula is C17H27FIN3. The quantitative estimate of drug-likeness (QED) is 0.458. The Hall–Kier alpha value is -0.850. The van der Waals surface area contributed by atoms with E-state index in [2.05, 4.69) is 31.0 Å². The largest absolute Gasteiger partial charge is 0.357 e. The van der Waals surface area contributed by atoms with Crippen molar-refractivity contribution in [2.24, 2.45) is 10.4 Å². The summed E-state index contributed by atoms with van der Waals surface area (Å²) in [7, 11) is 0. The summed E-state index contributed by atoms with van der Waals surface area (Å²) in [6.07, 6.45) is 2.04. The molecule has 1 aromatic carbocycles. The van der Waals surface area contributed by atoms with Crippen LogP contribution in [0.4, 0.5) is 4.39 Å². The highest BCUT2D eigenvalue weighted by Gasteiger charge is 2.30. The van der Waals surface area contributed by atoms with E-state index in [4.69, 9.17) is 4.99 Å². The van der Waals surface area contributed by atoms with Crippen LogP contribution in [0.2, 0.25) is 0 Å². The molecule has 0 aromatic heterocycles. The van der Waals surface area contributed by atoms with Crippen LogP contribution in [0.3, 0.4) is 0 Å². The van der Waals surface area contributed by atoms with Crippen molar-refractivity contribution in [2.45, 2.75) is 33.6 Å². The molecule has 0 unspecified atom stereocenters. The van der Waals surface area contributed by atoms with Gasteiger partial charge in [-0.25, -0.2) is 4.39 Å². The Kier molecular flexibility index (Phi) is 7.59. The molecule has 2 rings (SSSR count). The van der Waals surface area contributed by atoms with Crippen LogP contribution in [0.5, 0.6) is 0 Å². The topological polar surface area (TPSA) is 27.6 Å². The molecule has 1 heterocycles. The van der Waals surface area contributed by atoms with Crippen molar-refractivity contribution in [1.82, 2.24) is 10.2 Å². The van der Waals surface area contributed by atoms with Crippen molar-refractivity contribution in [3.05, 3.63) is 35.6 Å². The predicted molar refractivity (Wildman–Crippen MR) is 101 cm³/mol. The first-order valence-corrected chi connectivity index (χ1v) is 7.78. The fourth-order valence-corrected chi connectivity index (χ4v) is 2.66. The lowest BCUT2D eigenvalue weighted by Gasteiger charge is -2.23. The number of hydrogen-bond donors (Lipinski definition) is 1. The van der Waals surface area contributed by atoms with Crippen molar-refractivity contribution in [1.29, 1.82) is 0 Å². The van der Waals surface area contributed by atoms with Crippen LogP contribution >= 0.6 is 24.0 Å². The van der Waals surface area contributed by atoms with Gasteiger partial charge in [-0.3, -0.25) is 4.99 Å². The van der Waals surface area contributed by atoms with Crippen LogP contribution in [0, 0.1) is 11.2 Å². The lowest BCUT2D eigenvalue weighted by molar-refractivity contribution is 0.370. The van der Waals surface area contributed by atoms with E-state index in [1.165, 1.54) is 18.6 Å². The highest BCUT2D eigenvalue weighted by molar-refractivity contribution is 14.0. The molecule has 0 radical (unpaired) electrons. The molecule has 0 aliphatic carbocycles. The summed E-state index contributed by atoms with van der Waals surface area (Å²) in [5.74, 6) is 0.820. The van der Waals surface area contributed by atoms with Crippen LogP contribution in [0.15, 0.2) is 29.3 Å². The molecule has 1 aromatic rings. The number of halogens is 2. The second-order valence-electron chi connectivity index (χ2n) is 6.45. The molecule has 1 aliphatic rings. The first-order valence-electron chi connectivity index (χ1n) is 7.78. The molecule has 0 atom stereocenters. The van der Waals surface area contributed by atoms with Crippen LogP contribution < -0.4 is 5.32 Å². The van der Waals surface area contributed by atoms with E-state index in [9.17, 15) is 4.39 Å². The molecule has 1 fully saturated rings. The van der Waals surface area contributed by atoms with Crippen LogP contribution in [-0.4, -0.2) is 37.0 Å². The van der Waals surface area contributed by atoms with E-state index in [0.29, 0.717) is 5.41 Å². The Labute approximate surface area is 150 Å². The molecule has 5 heteroatoms. The first-order chi connectivity index (χ1) is 10.00. The van der Waals surface area contributed by atoms with Gasteiger partial charge in [-0.2, -0.15) is 0 Å². The van der Waals surface area contributed by atoms with Gasteiger partial charge in [-0.15, -0.1) is 24.0 Å². The Morgan fingerprint density at radius 2 is 2.00 bits per heavy atom. The van der Waals surface area contributed by atoms with E-state index in [1.54, 1.807) is 0 Å². The zero-order valence-electron chi connectivity index (χ0n) is 13.7. The van der Waals surface area contributed by atoms with E-state index in [0.717, 1.165) is 44.1 Å². The molecule has 1 N–H and O–H groups in total. The van der Waals surface area contributed by atoms with Crippen molar-refractivity contribution in [3.63, 3.8) is 0 Å². The minimum atomic E-state index is -0.185. The maximum absolute atomic E-state index is 12.9. The molecule has 0 amide bonds. The average molecular weight is 419 g/mol. The van der Waals surface area contributed by atoms with Gasteiger partial charge < -0.3 is 10.2 Å². The summed E-state index contributed by atoms with van der Waals surface area (Å²) < 4.78 is 12.9. The number of guanidine groups is 1. The molecule has 0 bridgehead atoms. The predicted octanol–water partition coefficient (Wildman–Crippen LogP) is 3.68. The van der Waals surface area contributed by atoms with Crippen LogP contribution in [-0.2, 0) is 6.42 Å². The van der Waals surface area contributed by atoms with Gasteiger partial charge in [0, 0.05) is 26.2 Å². The van der Waals surface area contributed by atoms with E-state index >= 15 is 0 Å². The summed E-state index contributed by atoms with van der Waals surface area (Å²) in [6.45, 7) is 10.4. The van der Waals surface area contributed by atoms with Gasteiger partial charge in [-0.1, -0.05) is 26.0 Å². The van der Waals surface area contributed by atoms with Gasteiger partial charge in [-0.05, 0) is 42.9 Å². The minimum absolute atomic E-state index is 0.